The van der Waals surface area contributed by atoms with Gasteiger partial charge in [-0.2, -0.15) is 0 Å². The summed E-state index contributed by atoms with van der Waals surface area (Å²) >= 11 is 0. The molecule has 0 saturated heterocycles. The number of methoxy groups -OCH3 is 1. The monoisotopic (exact) mass is 341 g/mol. The number of furan rings is 1. The van der Waals surface area contributed by atoms with Crippen molar-refractivity contribution >= 4 is 0 Å². The molecule has 0 fully saturated rings. The molecule has 0 aliphatic rings. The lowest BCUT2D eigenvalue weighted by Gasteiger charge is -2.09. The van der Waals surface area contributed by atoms with E-state index in [1.165, 1.54) is 0 Å². The Morgan fingerprint density at radius 1 is 0.731 bits per heavy atom. The number of nitrogens with zero attached hydrogens (tertiary/aromatic N) is 1. The highest BCUT2D eigenvalue weighted by molar-refractivity contribution is 5.75. The summed E-state index contributed by atoms with van der Waals surface area (Å²) in [5.74, 6) is 2.49. The van der Waals surface area contributed by atoms with E-state index < -0.39 is 0 Å². The van der Waals surface area contributed by atoms with Crippen LogP contribution < -0.4 is 4.74 Å². The molecule has 0 saturated carbocycles. The van der Waals surface area contributed by atoms with Crippen molar-refractivity contribution in [3.8, 4) is 39.6 Å². The van der Waals surface area contributed by atoms with Crippen LogP contribution in [-0.4, -0.2) is 12.1 Å². The van der Waals surface area contributed by atoms with E-state index >= 15 is 0 Å². The van der Waals surface area contributed by atoms with Crippen molar-refractivity contribution < 1.29 is 9.15 Å². The molecule has 26 heavy (non-hydrogen) atoms. The van der Waals surface area contributed by atoms with E-state index in [9.17, 15) is 0 Å². The van der Waals surface area contributed by atoms with E-state index in [1.807, 2.05) is 49.4 Å². The van der Waals surface area contributed by atoms with Gasteiger partial charge in [-0.3, -0.25) is 0 Å². The smallest absolute Gasteiger partial charge is 0.152 e. The molecule has 0 aliphatic carbocycles. The second-order valence-electron chi connectivity index (χ2n) is 6.13. The molecule has 4 aromatic rings. The maximum Gasteiger partial charge on any atom is 0.152 e. The lowest BCUT2D eigenvalue weighted by atomic mass is 10.0. The van der Waals surface area contributed by atoms with Crippen molar-refractivity contribution in [2.45, 2.75) is 6.92 Å². The summed E-state index contributed by atoms with van der Waals surface area (Å²) < 4.78 is 11.1. The largest absolute Gasteiger partial charge is 0.497 e. The third-order valence-corrected chi connectivity index (χ3v) is 4.31. The van der Waals surface area contributed by atoms with Crippen LogP contribution in [0.1, 0.15) is 5.76 Å². The molecule has 0 spiro atoms. The van der Waals surface area contributed by atoms with Crippen molar-refractivity contribution in [1.82, 2.24) is 4.98 Å². The van der Waals surface area contributed by atoms with Gasteiger partial charge in [-0.15, -0.1) is 0 Å². The second kappa shape index (κ2) is 6.89. The molecule has 128 valence electrons. The summed E-state index contributed by atoms with van der Waals surface area (Å²) in [5, 5.41) is 0. The van der Waals surface area contributed by atoms with Gasteiger partial charge in [-0.1, -0.05) is 42.5 Å². The molecule has 0 aliphatic heterocycles. The first-order valence-corrected chi connectivity index (χ1v) is 8.52. The van der Waals surface area contributed by atoms with Crippen LogP contribution in [0.2, 0.25) is 0 Å². The summed E-state index contributed by atoms with van der Waals surface area (Å²) in [6.07, 6.45) is 0. The van der Waals surface area contributed by atoms with Crippen LogP contribution in [-0.2, 0) is 0 Å². The van der Waals surface area contributed by atoms with E-state index in [2.05, 4.69) is 36.4 Å². The molecule has 0 bridgehead atoms. The third-order valence-electron chi connectivity index (χ3n) is 4.31. The first-order chi connectivity index (χ1) is 12.7. The number of benzene rings is 2. The minimum Gasteiger partial charge on any atom is -0.497 e. The fourth-order valence-corrected chi connectivity index (χ4v) is 2.94. The SMILES string of the molecule is COc1ccc(-c2cc(-c3ccccc3)nc(-c3ccc(C)o3)c2)cc1. The minimum atomic E-state index is 0.773. The quantitative estimate of drug-likeness (QED) is 0.457. The molecular formula is C23H19NO2. The maximum atomic E-state index is 5.81. The summed E-state index contributed by atoms with van der Waals surface area (Å²) in [5.41, 5.74) is 5.01. The molecule has 2 aromatic carbocycles. The van der Waals surface area contributed by atoms with E-state index in [-0.39, 0.29) is 0 Å². The Hall–Kier alpha value is -3.33. The minimum absolute atomic E-state index is 0.773. The van der Waals surface area contributed by atoms with Gasteiger partial charge in [-0.25, -0.2) is 4.98 Å². The van der Waals surface area contributed by atoms with Crippen molar-refractivity contribution in [2.75, 3.05) is 7.11 Å². The van der Waals surface area contributed by atoms with Crippen molar-refractivity contribution in [1.29, 1.82) is 0 Å². The predicted molar refractivity (Wildman–Crippen MR) is 104 cm³/mol. The summed E-state index contributed by atoms with van der Waals surface area (Å²) in [6.45, 7) is 1.94. The molecule has 2 heterocycles. The Balaban J connectivity index is 1.87. The number of aromatic nitrogens is 1. The fraction of sp³-hybridized carbons (Fsp3) is 0.0870. The molecule has 3 heteroatoms. The summed E-state index contributed by atoms with van der Waals surface area (Å²) in [7, 11) is 1.67. The normalized spacial score (nSPS) is 10.7. The van der Waals surface area contributed by atoms with E-state index in [4.69, 9.17) is 14.1 Å². The Labute approximate surface area is 152 Å². The molecule has 0 atom stereocenters. The van der Waals surface area contributed by atoms with Gasteiger partial charge >= 0.3 is 0 Å². The number of aryl methyl sites for hydroxylation is 1. The van der Waals surface area contributed by atoms with E-state index in [0.29, 0.717) is 0 Å². The lowest BCUT2D eigenvalue weighted by Crippen LogP contribution is -1.90. The van der Waals surface area contributed by atoms with E-state index in [1.54, 1.807) is 7.11 Å². The third kappa shape index (κ3) is 3.24. The number of ether oxygens (including phenoxy) is 1. The molecule has 0 amide bonds. The summed E-state index contributed by atoms with van der Waals surface area (Å²) in [6, 6.07) is 26.3. The zero-order valence-electron chi connectivity index (χ0n) is 14.8. The molecule has 0 unspecified atom stereocenters. The zero-order valence-corrected chi connectivity index (χ0v) is 14.8. The number of rotatable bonds is 4. The molecular weight excluding hydrogens is 322 g/mol. The van der Waals surface area contributed by atoms with Crippen LogP contribution in [0.3, 0.4) is 0 Å². The zero-order chi connectivity index (χ0) is 17.9. The Kier molecular flexibility index (Phi) is 4.28. The predicted octanol–water partition coefficient (Wildman–Crippen LogP) is 5.99. The first-order valence-electron chi connectivity index (χ1n) is 8.52. The highest BCUT2D eigenvalue weighted by atomic mass is 16.5. The van der Waals surface area contributed by atoms with Crippen molar-refractivity contribution in [3.63, 3.8) is 0 Å². The Morgan fingerprint density at radius 2 is 1.46 bits per heavy atom. The second-order valence-corrected chi connectivity index (χ2v) is 6.13. The topological polar surface area (TPSA) is 35.3 Å². The molecule has 3 nitrogen and oxygen atoms in total. The van der Waals surface area contributed by atoms with Crippen molar-refractivity contribution in [3.05, 3.63) is 84.6 Å². The van der Waals surface area contributed by atoms with Crippen LogP contribution in [0, 0.1) is 6.92 Å². The molecule has 0 N–H and O–H groups in total. The highest BCUT2D eigenvalue weighted by Crippen LogP contribution is 2.31. The van der Waals surface area contributed by atoms with Gasteiger partial charge in [0.25, 0.3) is 0 Å². The molecule has 0 radical (unpaired) electrons. The lowest BCUT2D eigenvalue weighted by molar-refractivity contribution is 0.415. The fourth-order valence-electron chi connectivity index (χ4n) is 2.94. The number of hydrogen-bond donors (Lipinski definition) is 0. The Bertz CT molecular complexity index is 1020. The maximum absolute atomic E-state index is 5.81. The molecule has 4 rings (SSSR count). The van der Waals surface area contributed by atoms with Gasteiger partial charge in [0.05, 0.1) is 12.8 Å². The average Bonchev–Trinajstić information content (AvgIpc) is 3.15. The summed E-state index contributed by atoms with van der Waals surface area (Å²) in [4.78, 5) is 4.83. The van der Waals surface area contributed by atoms with E-state index in [0.717, 1.165) is 45.3 Å². The highest BCUT2D eigenvalue weighted by Gasteiger charge is 2.11. The average molecular weight is 341 g/mol. The van der Waals surface area contributed by atoms with Gasteiger partial charge in [0.15, 0.2) is 5.76 Å². The standard InChI is InChI=1S/C23H19NO2/c1-16-8-13-23(26-16)22-15-19(17-9-11-20(25-2)12-10-17)14-21(24-22)18-6-4-3-5-7-18/h3-15H,1-2H3. The first kappa shape index (κ1) is 16.2. The van der Waals surface area contributed by atoms with Crippen LogP contribution in [0.25, 0.3) is 33.8 Å². The van der Waals surface area contributed by atoms with Crippen LogP contribution >= 0.6 is 0 Å². The van der Waals surface area contributed by atoms with Gasteiger partial charge in [0.2, 0.25) is 0 Å². The van der Waals surface area contributed by atoms with Crippen LogP contribution in [0.5, 0.6) is 5.75 Å². The van der Waals surface area contributed by atoms with Crippen molar-refractivity contribution in [2.24, 2.45) is 0 Å². The van der Waals surface area contributed by atoms with Crippen LogP contribution in [0.15, 0.2) is 83.3 Å². The molecule has 2 aromatic heterocycles. The van der Waals surface area contributed by atoms with Crippen LogP contribution in [0.4, 0.5) is 0 Å². The van der Waals surface area contributed by atoms with Gasteiger partial charge in [0, 0.05) is 5.56 Å². The number of pyridine rings is 1. The van der Waals surface area contributed by atoms with Gasteiger partial charge in [0.1, 0.15) is 17.2 Å². The van der Waals surface area contributed by atoms with Gasteiger partial charge in [-0.05, 0) is 54.4 Å². The number of hydrogen-bond acceptors (Lipinski definition) is 3. The van der Waals surface area contributed by atoms with Gasteiger partial charge < -0.3 is 9.15 Å². The Morgan fingerprint density at radius 3 is 2.12 bits per heavy atom.